The summed E-state index contributed by atoms with van der Waals surface area (Å²) in [6.45, 7) is 13.2. The van der Waals surface area contributed by atoms with Crippen molar-refractivity contribution in [1.29, 1.82) is 0 Å². The molecule has 43 heavy (non-hydrogen) atoms. The van der Waals surface area contributed by atoms with E-state index in [1.807, 2.05) is 19.1 Å². The normalized spacial score (nSPS) is 13.0. The van der Waals surface area contributed by atoms with Crippen molar-refractivity contribution in [3.8, 4) is 11.5 Å². The van der Waals surface area contributed by atoms with Crippen molar-refractivity contribution in [1.82, 2.24) is 0 Å². The zero-order valence-electron chi connectivity index (χ0n) is 25.9. The fourth-order valence-corrected chi connectivity index (χ4v) is 6.68. The minimum absolute atomic E-state index is 0.0149. The van der Waals surface area contributed by atoms with Gasteiger partial charge in [-0.2, -0.15) is 0 Å². The Morgan fingerprint density at radius 1 is 0.535 bits per heavy atom. The second-order valence-corrected chi connectivity index (χ2v) is 13.1. The first kappa shape index (κ1) is 28.6. The lowest BCUT2D eigenvalue weighted by Crippen LogP contribution is -2.22. The maximum atomic E-state index is 11.5. The van der Waals surface area contributed by atoms with Gasteiger partial charge in [-0.05, 0) is 80.0 Å². The van der Waals surface area contributed by atoms with Crippen LogP contribution in [-0.2, 0) is 10.8 Å². The summed E-state index contributed by atoms with van der Waals surface area (Å²) in [5.41, 5.74) is 7.39. The molecule has 2 N–H and O–H groups in total. The summed E-state index contributed by atoms with van der Waals surface area (Å²) in [4.78, 5) is 0. The predicted molar refractivity (Wildman–Crippen MR) is 181 cm³/mol. The fourth-order valence-electron chi connectivity index (χ4n) is 6.68. The third kappa shape index (κ3) is 4.95. The number of rotatable bonds is 6. The third-order valence-corrected chi connectivity index (χ3v) is 9.68. The predicted octanol–water partition coefficient (Wildman–Crippen LogP) is 10.5. The summed E-state index contributed by atoms with van der Waals surface area (Å²) in [7, 11) is 0. The SMILES string of the molecule is Cc1cc(C(C)(C)c2ccc(C(C)(C)c3ccc(O)cc3)cc2)cc(C(C)c2c3ccccc3cc3ccccc23)c1O. The molecule has 0 saturated carbocycles. The molecule has 2 heteroatoms. The summed E-state index contributed by atoms with van der Waals surface area (Å²) < 4.78 is 0. The highest BCUT2D eigenvalue weighted by molar-refractivity contribution is 6.03. The Morgan fingerprint density at radius 3 is 1.49 bits per heavy atom. The minimum atomic E-state index is -0.283. The summed E-state index contributed by atoms with van der Waals surface area (Å²) in [6.07, 6.45) is 0. The zero-order valence-corrected chi connectivity index (χ0v) is 25.9. The van der Waals surface area contributed by atoms with Gasteiger partial charge in [-0.1, -0.05) is 132 Å². The maximum Gasteiger partial charge on any atom is 0.122 e. The number of aryl methyl sites for hydroxylation is 1. The first-order valence-electron chi connectivity index (χ1n) is 15.1. The molecule has 0 spiro atoms. The van der Waals surface area contributed by atoms with Gasteiger partial charge in [-0.15, -0.1) is 0 Å². The van der Waals surface area contributed by atoms with Crippen LogP contribution in [0, 0.1) is 6.92 Å². The van der Waals surface area contributed by atoms with Crippen LogP contribution in [0.25, 0.3) is 21.5 Å². The van der Waals surface area contributed by atoms with Gasteiger partial charge in [-0.25, -0.2) is 0 Å². The molecule has 0 fully saturated rings. The van der Waals surface area contributed by atoms with Gasteiger partial charge in [0.05, 0.1) is 0 Å². The molecule has 1 unspecified atom stereocenters. The zero-order chi connectivity index (χ0) is 30.5. The van der Waals surface area contributed by atoms with Crippen LogP contribution in [0.4, 0.5) is 0 Å². The van der Waals surface area contributed by atoms with Crippen LogP contribution >= 0.6 is 0 Å². The highest BCUT2D eigenvalue weighted by Crippen LogP contribution is 2.44. The molecular formula is C41H40O2. The molecule has 2 nitrogen and oxygen atoms in total. The average molecular weight is 565 g/mol. The molecule has 0 aliphatic rings. The summed E-state index contributed by atoms with van der Waals surface area (Å²) >= 11 is 0. The van der Waals surface area contributed by atoms with E-state index in [4.69, 9.17) is 0 Å². The molecule has 6 aromatic carbocycles. The number of benzene rings is 6. The van der Waals surface area contributed by atoms with Crippen LogP contribution in [0.2, 0.25) is 0 Å². The van der Waals surface area contributed by atoms with Gasteiger partial charge >= 0.3 is 0 Å². The average Bonchev–Trinajstić information content (AvgIpc) is 3.01. The number of aromatic hydroxyl groups is 2. The molecule has 6 rings (SSSR count). The molecule has 0 amide bonds. The van der Waals surface area contributed by atoms with Crippen molar-refractivity contribution in [2.75, 3.05) is 0 Å². The molecule has 0 aliphatic heterocycles. The monoisotopic (exact) mass is 564 g/mol. The van der Waals surface area contributed by atoms with E-state index in [0.29, 0.717) is 5.75 Å². The van der Waals surface area contributed by atoms with Gasteiger partial charge < -0.3 is 10.2 Å². The van der Waals surface area contributed by atoms with Crippen LogP contribution in [0.1, 0.15) is 79.5 Å². The van der Waals surface area contributed by atoms with Crippen molar-refractivity contribution in [2.45, 2.75) is 58.3 Å². The molecule has 0 radical (unpaired) electrons. The van der Waals surface area contributed by atoms with Crippen LogP contribution in [0.3, 0.4) is 0 Å². The summed E-state index contributed by atoms with van der Waals surface area (Å²) in [6, 6.07) is 40.2. The molecule has 216 valence electrons. The molecule has 0 heterocycles. The largest absolute Gasteiger partial charge is 0.508 e. The van der Waals surface area contributed by atoms with Gasteiger partial charge in [0.1, 0.15) is 11.5 Å². The molecular weight excluding hydrogens is 524 g/mol. The van der Waals surface area contributed by atoms with Crippen LogP contribution in [0.15, 0.2) is 115 Å². The number of hydrogen-bond acceptors (Lipinski definition) is 2. The minimum Gasteiger partial charge on any atom is -0.508 e. The highest BCUT2D eigenvalue weighted by Gasteiger charge is 2.29. The lowest BCUT2D eigenvalue weighted by molar-refractivity contribution is 0.461. The van der Waals surface area contributed by atoms with Crippen LogP contribution < -0.4 is 0 Å². The number of hydrogen-bond donors (Lipinski definition) is 2. The number of phenolic OH excluding ortho intramolecular Hbond substituents is 2. The van der Waals surface area contributed by atoms with E-state index >= 15 is 0 Å². The highest BCUT2D eigenvalue weighted by atomic mass is 16.3. The Balaban J connectivity index is 1.42. The van der Waals surface area contributed by atoms with E-state index in [-0.39, 0.29) is 22.5 Å². The van der Waals surface area contributed by atoms with Gasteiger partial charge in [0.15, 0.2) is 0 Å². The van der Waals surface area contributed by atoms with E-state index in [1.54, 1.807) is 12.1 Å². The molecule has 0 bridgehead atoms. The van der Waals surface area contributed by atoms with Crippen molar-refractivity contribution in [3.63, 3.8) is 0 Å². The summed E-state index contributed by atoms with van der Waals surface area (Å²) in [5, 5.41) is 26.1. The van der Waals surface area contributed by atoms with Crippen molar-refractivity contribution in [3.05, 3.63) is 154 Å². The van der Waals surface area contributed by atoms with Gasteiger partial charge in [0.2, 0.25) is 0 Å². The van der Waals surface area contributed by atoms with Crippen LogP contribution in [0.5, 0.6) is 11.5 Å². The fraction of sp³-hybridized carbons (Fsp3) is 0.220. The third-order valence-electron chi connectivity index (χ3n) is 9.68. The van der Waals surface area contributed by atoms with E-state index in [1.165, 1.54) is 43.8 Å². The quantitative estimate of drug-likeness (QED) is 0.198. The van der Waals surface area contributed by atoms with Crippen molar-refractivity contribution < 1.29 is 10.2 Å². The van der Waals surface area contributed by atoms with Crippen LogP contribution in [-0.4, -0.2) is 10.2 Å². The molecule has 0 saturated heterocycles. The lowest BCUT2D eigenvalue weighted by atomic mass is 9.73. The molecule has 6 aromatic rings. The Kier molecular flexibility index (Phi) is 7.05. The van der Waals surface area contributed by atoms with Gasteiger partial charge in [0.25, 0.3) is 0 Å². The van der Waals surface area contributed by atoms with Crippen molar-refractivity contribution in [2.24, 2.45) is 0 Å². The molecule has 1 atom stereocenters. The van der Waals surface area contributed by atoms with E-state index < -0.39 is 0 Å². The first-order chi connectivity index (χ1) is 20.5. The number of phenols is 2. The van der Waals surface area contributed by atoms with E-state index in [9.17, 15) is 10.2 Å². The Morgan fingerprint density at radius 2 is 0.977 bits per heavy atom. The second-order valence-electron chi connectivity index (χ2n) is 13.1. The Labute approximate surface area is 255 Å². The smallest absolute Gasteiger partial charge is 0.122 e. The standard InChI is InChI=1S/C41H40O2/c1-26-23-33(41(5,6)31-17-15-30(16-18-31)40(3,4)32-19-21-34(42)22-20-32)25-37(39(26)43)27(2)38-35-13-9-7-11-28(35)24-29-12-8-10-14-36(29)38/h7-25,27,42-43H,1-6H3. The first-order valence-corrected chi connectivity index (χ1v) is 15.1. The maximum absolute atomic E-state index is 11.5. The lowest BCUT2D eigenvalue weighted by Gasteiger charge is -2.31. The number of fused-ring (bicyclic) bond motifs is 2. The van der Waals surface area contributed by atoms with Crippen molar-refractivity contribution >= 4 is 21.5 Å². The summed E-state index contributed by atoms with van der Waals surface area (Å²) in [5.74, 6) is 0.636. The molecule has 0 aromatic heterocycles. The Hall–Kier alpha value is -4.56. The van der Waals surface area contributed by atoms with E-state index in [0.717, 1.165) is 16.7 Å². The molecule has 0 aliphatic carbocycles. The Bertz CT molecular complexity index is 1890. The van der Waals surface area contributed by atoms with Gasteiger partial charge in [-0.3, -0.25) is 0 Å². The second kappa shape index (κ2) is 10.6. The van der Waals surface area contributed by atoms with Gasteiger partial charge in [0, 0.05) is 22.3 Å². The van der Waals surface area contributed by atoms with E-state index in [2.05, 4.69) is 126 Å². The topological polar surface area (TPSA) is 40.5 Å².